The van der Waals surface area contributed by atoms with Crippen LogP contribution in [0, 0.1) is 0 Å². The van der Waals surface area contributed by atoms with E-state index in [2.05, 4.69) is 0 Å². The second-order valence-corrected chi connectivity index (χ2v) is 8.42. The fourth-order valence-electron chi connectivity index (χ4n) is 4.33. The predicted molar refractivity (Wildman–Crippen MR) is 138 cm³/mol. The van der Waals surface area contributed by atoms with Crippen LogP contribution in [0.15, 0.2) is 72.3 Å². The molecule has 0 spiro atoms. The zero-order valence-corrected chi connectivity index (χ0v) is 21.0. The SMILES string of the molecule is CCc1ccc(N2C(=O)C(=O)/C(=C(\O)c3ccc(OC)c(OC)c3)C2c2ccc(OC(C)=O)cc2)cc1. The molecule has 1 heterocycles. The van der Waals surface area contributed by atoms with E-state index in [1.54, 1.807) is 54.6 Å². The zero-order valence-electron chi connectivity index (χ0n) is 21.0. The number of carbonyl (C=O) groups is 3. The van der Waals surface area contributed by atoms with Gasteiger partial charge in [-0.15, -0.1) is 0 Å². The number of Topliss-reactive ketones (excluding diaryl/α,β-unsaturated/α-hetero) is 1. The number of methoxy groups -OCH3 is 2. The Hall–Kier alpha value is -4.59. The summed E-state index contributed by atoms with van der Waals surface area (Å²) in [7, 11) is 2.96. The van der Waals surface area contributed by atoms with Crippen molar-refractivity contribution in [1.29, 1.82) is 0 Å². The number of benzene rings is 3. The molecule has 0 aromatic heterocycles. The second kappa shape index (κ2) is 10.6. The van der Waals surface area contributed by atoms with E-state index in [9.17, 15) is 19.5 Å². The lowest BCUT2D eigenvalue weighted by Gasteiger charge is -2.26. The first-order chi connectivity index (χ1) is 17.8. The van der Waals surface area contributed by atoms with Gasteiger partial charge < -0.3 is 19.3 Å². The van der Waals surface area contributed by atoms with E-state index in [-0.39, 0.29) is 11.3 Å². The minimum Gasteiger partial charge on any atom is -0.507 e. The van der Waals surface area contributed by atoms with Gasteiger partial charge in [-0.05, 0) is 60.0 Å². The van der Waals surface area contributed by atoms with E-state index in [4.69, 9.17) is 14.2 Å². The number of aliphatic hydroxyl groups is 1. The van der Waals surface area contributed by atoms with E-state index in [1.807, 2.05) is 19.1 Å². The van der Waals surface area contributed by atoms with Gasteiger partial charge >= 0.3 is 5.97 Å². The van der Waals surface area contributed by atoms with Gasteiger partial charge in [0.25, 0.3) is 11.7 Å². The van der Waals surface area contributed by atoms with Crippen LogP contribution >= 0.6 is 0 Å². The predicted octanol–water partition coefficient (Wildman–Crippen LogP) is 4.82. The minimum absolute atomic E-state index is 0.0722. The molecule has 1 atom stereocenters. The number of anilines is 1. The van der Waals surface area contributed by atoms with Crippen molar-refractivity contribution < 1.29 is 33.7 Å². The minimum atomic E-state index is -0.924. The van der Waals surface area contributed by atoms with E-state index < -0.39 is 23.7 Å². The highest BCUT2D eigenvalue weighted by molar-refractivity contribution is 6.51. The summed E-state index contributed by atoms with van der Waals surface area (Å²) >= 11 is 0. The monoisotopic (exact) mass is 501 g/mol. The molecule has 0 saturated carbocycles. The van der Waals surface area contributed by atoms with Gasteiger partial charge in [-0.25, -0.2) is 0 Å². The summed E-state index contributed by atoms with van der Waals surface area (Å²) in [5.74, 6) is -1.27. The Balaban J connectivity index is 1.89. The third-order valence-electron chi connectivity index (χ3n) is 6.18. The molecule has 1 N–H and O–H groups in total. The lowest BCUT2D eigenvalue weighted by molar-refractivity contribution is -0.132. The van der Waals surface area contributed by atoms with Gasteiger partial charge in [0.2, 0.25) is 0 Å². The lowest BCUT2D eigenvalue weighted by Crippen LogP contribution is -2.29. The van der Waals surface area contributed by atoms with Crippen LogP contribution in [0.5, 0.6) is 17.2 Å². The van der Waals surface area contributed by atoms with Gasteiger partial charge in [0.05, 0.1) is 25.8 Å². The molecule has 8 heteroatoms. The number of hydrogen-bond donors (Lipinski definition) is 1. The third-order valence-corrected chi connectivity index (χ3v) is 6.18. The number of nitrogens with zero attached hydrogens (tertiary/aromatic N) is 1. The number of ether oxygens (including phenoxy) is 3. The Morgan fingerprint density at radius 2 is 1.57 bits per heavy atom. The number of ketones is 1. The molecule has 190 valence electrons. The number of aryl methyl sites for hydroxylation is 1. The van der Waals surface area contributed by atoms with Gasteiger partial charge in [-0.2, -0.15) is 0 Å². The van der Waals surface area contributed by atoms with Crippen LogP contribution < -0.4 is 19.1 Å². The molecule has 1 saturated heterocycles. The molecule has 4 rings (SSSR count). The molecule has 1 aliphatic heterocycles. The van der Waals surface area contributed by atoms with Crippen molar-refractivity contribution in [2.45, 2.75) is 26.3 Å². The number of aliphatic hydroxyl groups excluding tert-OH is 1. The molecule has 0 bridgehead atoms. The highest BCUT2D eigenvalue weighted by atomic mass is 16.5. The molecule has 8 nitrogen and oxygen atoms in total. The topological polar surface area (TPSA) is 102 Å². The fourth-order valence-corrected chi connectivity index (χ4v) is 4.33. The summed E-state index contributed by atoms with van der Waals surface area (Å²) < 4.78 is 15.7. The standard InChI is InChI=1S/C29H27NO7/c1-5-18-6-11-21(12-7-18)30-26(19-8-13-22(14-9-19)37-17(2)31)25(28(33)29(30)34)27(32)20-10-15-23(35-3)24(16-20)36-4/h6-16,26,32H,5H2,1-4H3/b27-25-. The first kappa shape index (κ1) is 25.5. The van der Waals surface area contributed by atoms with Crippen molar-refractivity contribution >= 4 is 29.1 Å². The first-order valence-electron chi connectivity index (χ1n) is 11.7. The molecule has 3 aromatic carbocycles. The molecule has 0 radical (unpaired) electrons. The smallest absolute Gasteiger partial charge is 0.308 e. The van der Waals surface area contributed by atoms with E-state index in [1.165, 1.54) is 26.0 Å². The maximum absolute atomic E-state index is 13.4. The Morgan fingerprint density at radius 1 is 0.919 bits per heavy atom. The number of amides is 1. The van der Waals surface area contributed by atoms with Crippen molar-refractivity contribution in [2.24, 2.45) is 0 Å². The average molecular weight is 502 g/mol. The van der Waals surface area contributed by atoms with Crippen LogP contribution in [0.1, 0.15) is 36.6 Å². The van der Waals surface area contributed by atoms with Gasteiger partial charge in [0.1, 0.15) is 11.5 Å². The summed E-state index contributed by atoms with van der Waals surface area (Å²) in [5, 5.41) is 11.4. The van der Waals surface area contributed by atoms with Crippen LogP contribution in [0.4, 0.5) is 5.69 Å². The van der Waals surface area contributed by atoms with Crippen molar-refractivity contribution in [3.8, 4) is 17.2 Å². The molecule has 3 aromatic rings. The molecule has 1 amide bonds. The number of rotatable bonds is 7. The summed E-state index contributed by atoms with van der Waals surface area (Å²) in [5.41, 5.74) is 2.36. The highest BCUT2D eigenvalue weighted by Gasteiger charge is 2.47. The number of hydrogen-bond acceptors (Lipinski definition) is 7. The quantitative estimate of drug-likeness (QED) is 0.163. The van der Waals surface area contributed by atoms with Gasteiger partial charge in [-0.1, -0.05) is 31.2 Å². The Bertz CT molecular complexity index is 1370. The molecule has 1 aliphatic rings. The maximum Gasteiger partial charge on any atom is 0.308 e. The van der Waals surface area contributed by atoms with Crippen molar-refractivity contribution in [3.63, 3.8) is 0 Å². The van der Waals surface area contributed by atoms with E-state index in [0.717, 1.165) is 12.0 Å². The molecule has 1 fully saturated rings. The normalized spacial score (nSPS) is 16.5. The van der Waals surface area contributed by atoms with E-state index in [0.29, 0.717) is 34.1 Å². The van der Waals surface area contributed by atoms with Gasteiger partial charge in [-0.3, -0.25) is 19.3 Å². The van der Waals surface area contributed by atoms with Crippen LogP contribution in [-0.2, 0) is 20.8 Å². The van der Waals surface area contributed by atoms with Gasteiger partial charge in [0, 0.05) is 18.2 Å². The molecule has 37 heavy (non-hydrogen) atoms. The fraction of sp³-hybridized carbons (Fsp3) is 0.207. The van der Waals surface area contributed by atoms with Crippen LogP contribution in [0.3, 0.4) is 0 Å². The average Bonchev–Trinajstić information content (AvgIpc) is 3.18. The third kappa shape index (κ3) is 4.91. The van der Waals surface area contributed by atoms with Crippen molar-refractivity contribution in [2.75, 3.05) is 19.1 Å². The maximum atomic E-state index is 13.4. The highest BCUT2D eigenvalue weighted by Crippen LogP contribution is 2.43. The van der Waals surface area contributed by atoms with Crippen LogP contribution in [0.2, 0.25) is 0 Å². The summed E-state index contributed by atoms with van der Waals surface area (Å²) in [6.45, 7) is 3.32. The summed E-state index contributed by atoms with van der Waals surface area (Å²) in [6.07, 6.45) is 0.819. The van der Waals surface area contributed by atoms with Crippen molar-refractivity contribution in [1.82, 2.24) is 0 Å². The number of esters is 1. The van der Waals surface area contributed by atoms with Crippen molar-refractivity contribution in [3.05, 3.63) is 89.0 Å². The molecular formula is C29H27NO7. The van der Waals surface area contributed by atoms with E-state index >= 15 is 0 Å². The summed E-state index contributed by atoms with van der Waals surface area (Å²) in [4.78, 5) is 39.4. The molecule has 0 aliphatic carbocycles. The lowest BCUT2D eigenvalue weighted by atomic mass is 9.95. The summed E-state index contributed by atoms with van der Waals surface area (Å²) in [6, 6.07) is 17.6. The zero-order chi connectivity index (χ0) is 26.7. The largest absolute Gasteiger partial charge is 0.507 e. The molecular weight excluding hydrogens is 474 g/mol. The second-order valence-electron chi connectivity index (χ2n) is 8.42. The Kier molecular flexibility index (Phi) is 7.29. The van der Waals surface area contributed by atoms with Crippen LogP contribution in [0.25, 0.3) is 5.76 Å². The van der Waals surface area contributed by atoms with Crippen LogP contribution in [-0.4, -0.2) is 37.0 Å². The van der Waals surface area contributed by atoms with Gasteiger partial charge in [0.15, 0.2) is 11.5 Å². The molecule has 1 unspecified atom stereocenters. The first-order valence-corrected chi connectivity index (χ1v) is 11.7. The Labute approximate surface area is 214 Å². The number of carbonyl (C=O) groups excluding carboxylic acids is 3. The Morgan fingerprint density at radius 3 is 2.14 bits per heavy atom.